The highest BCUT2D eigenvalue weighted by molar-refractivity contribution is 5.85. The summed E-state index contributed by atoms with van der Waals surface area (Å²) < 4.78 is 1.62. The molecular weight excluding hydrogens is 188 g/mol. The molecule has 74 valence electrons. The highest BCUT2D eigenvalue weighted by Crippen LogP contribution is 2.03. The van der Waals surface area contributed by atoms with Crippen molar-refractivity contribution in [2.45, 2.75) is 20.4 Å². The maximum absolute atomic E-state index is 11.5. The summed E-state index contributed by atoms with van der Waals surface area (Å²) in [4.78, 5) is 11.5. The molecule has 0 amide bonds. The Balaban J connectivity index is 0.00000144. The van der Waals surface area contributed by atoms with Crippen LogP contribution in [0, 0.1) is 13.8 Å². The summed E-state index contributed by atoms with van der Waals surface area (Å²) in [5, 5.41) is 0. The molecule has 1 aromatic heterocycles. The van der Waals surface area contributed by atoms with E-state index in [2.05, 4.69) is 0 Å². The van der Waals surface area contributed by atoms with E-state index in [4.69, 9.17) is 5.73 Å². The Kier molecular flexibility index (Phi) is 4.17. The number of pyridine rings is 1. The minimum atomic E-state index is 0. The molecule has 0 unspecified atom stereocenters. The number of rotatable bonds is 1. The Bertz CT molecular complexity index is 357. The third-order valence-electron chi connectivity index (χ3n) is 2.20. The first kappa shape index (κ1) is 12.2. The van der Waals surface area contributed by atoms with Gasteiger partial charge in [0.1, 0.15) is 0 Å². The summed E-state index contributed by atoms with van der Waals surface area (Å²) in [6.07, 6.45) is 0. The van der Waals surface area contributed by atoms with Crippen LogP contribution in [0.5, 0.6) is 0 Å². The molecule has 0 saturated carbocycles. The molecule has 13 heavy (non-hydrogen) atoms. The number of hydrogen-bond acceptors (Lipinski definition) is 2. The fraction of sp³-hybridized carbons (Fsp3) is 0.444. The number of halogens is 1. The van der Waals surface area contributed by atoms with Gasteiger partial charge in [-0.25, -0.2) is 0 Å². The number of aryl methyl sites for hydroxylation is 2. The molecule has 0 spiro atoms. The minimum Gasteiger partial charge on any atom is -0.326 e. The number of nitrogens with two attached hydrogens (primary N) is 1. The van der Waals surface area contributed by atoms with Crippen molar-refractivity contribution in [1.82, 2.24) is 4.57 Å². The van der Waals surface area contributed by atoms with Crippen molar-refractivity contribution in [3.05, 3.63) is 33.2 Å². The first-order chi connectivity index (χ1) is 5.57. The zero-order valence-corrected chi connectivity index (χ0v) is 8.94. The van der Waals surface area contributed by atoms with Gasteiger partial charge in [-0.05, 0) is 25.5 Å². The van der Waals surface area contributed by atoms with E-state index < -0.39 is 0 Å². The predicted octanol–water partition coefficient (Wildman–Crippen LogP) is 0.883. The summed E-state index contributed by atoms with van der Waals surface area (Å²) in [6, 6.07) is 1.98. The van der Waals surface area contributed by atoms with Gasteiger partial charge in [-0.15, -0.1) is 12.4 Å². The van der Waals surface area contributed by atoms with Crippen LogP contribution in [0.15, 0.2) is 10.9 Å². The molecule has 0 aromatic carbocycles. The van der Waals surface area contributed by atoms with Gasteiger partial charge in [0.2, 0.25) is 0 Å². The average Bonchev–Trinajstić information content (AvgIpc) is 2.01. The number of nitrogens with zero attached hydrogens (tertiary/aromatic N) is 1. The molecule has 0 radical (unpaired) electrons. The average molecular weight is 203 g/mol. The SMILES string of the molecule is Cc1cc(C)n(C)c(=O)c1CN.Cl. The van der Waals surface area contributed by atoms with Gasteiger partial charge in [-0.2, -0.15) is 0 Å². The van der Waals surface area contributed by atoms with Crippen LogP contribution in [0.1, 0.15) is 16.8 Å². The lowest BCUT2D eigenvalue weighted by Crippen LogP contribution is -2.25. The fourth-order valence-electron chi connectivity index (χ4n) is 1.28. The minimum absolute atomic E-state index is 0. The Morgan fingerprint density at radius 3 is 2.46 bits per heavy atom. The largest absolute Gasteiger partial charge is 0.326 e. The smallest absolute Gasteiger partial charge is 0.255 e. The summed E-state index contributed by atoms with van der Waals surface area (Å²) in [7, 11) is 1.76. The maximum atomic E-state index is 11.5. The Labute approximate surface area is 84.0 Å². The highest BCUT2D eigenvalue weighted by Gasteiger charge is 2.04. The highest BCUT2D eigenvalue weighted by atomic mass is 35.5. The van der Waals surface area contributed by atoms with Crippen molar-refractivity contribution >= 4 is 12.4 Å². The van der Waals surface area contributed by atoms with Gasteiger partial charge in [0.05, 0.1) is 0 Å². The third-order valence-corrected chi connectivity index (χ3v) is 2.20. The normalized spacial score (nSPS) is 9.54. The van der Waals surface area contributed by atoms with Crippen LogP contribution in [0.3, 0.4) is 0 Å². The molecular formula is C9H15ClN2O. The van der Waals surface area contributed by atoms with Crippen LogP contribution in [0.4, 0.5) is 0 Å². The predicted molar refractivity (Wildman–Crippen MR) is 56.3 cm³/mol. The van der Waals surface area contributed by atoms with Gasteiger partial charge >= 0.3 is 0 Å². The van der Waals surface area contributed by atoms with Gasteiger partial charge < -0.3 is 10.3 Å². The lowest BCUT2D eigenvalue weighted by atomic mass is 10.1. The van der Waals surface area contributed by atoms with E-state index in [1.165, 1.54) is 0 Å². The van der Waals surface area contributed by atoms with Crippen molar-refractivity contribution in [2.75, 3.05) is 0 Å². The zero-order valence-electron chi connectivity index (χ0n) is 8.13. The molecule has 0 aliphatic rings. The van der Waals surface area contributed by atoms with Crippen molar-refractivity contribution in [3.63, 3.8) is 0 Å². The lowest BCUT2D eigenvalue weighted by Gasteiger charge is -2.08. The Morgan fingerprint density at radius 1 is 1.46 bits per heavy atom. The monoisotopic (exact) mass is 202 g/mol. The molecule has 0 bridgehead atoms. The molecule has 1 rings (SSSR count). The third kappa shape index (κ3) is 2.11. The first-order valence-electron chi connectivity index (χ1n) is 3.94. The lowest BCUT2D eigenvalue weighted by molar-refractivity contribution is 0.788. The summed E-state index contributed by atoms with van der Waals surface area (Å²) in [5.41, 5.74) is 8.14. The van der Waals surface area contributed by atoms with Gasteiger partial charge in [-0.3, -0.25) is 4.79 Å². The van der Waals surface area contributed by atoms with Crippen LogP contribution in [0.2, 0.25) is 0 Å². The van der Waals surface area contributed by atoms with Gasteiger partial charge in [0.25, 0.3) is 5.56 Å². The molecule has 2 N–H and O–H groups in total. The first-order valence-corrected chi connectivity index (χ1v) is 3.94. The second-order valence-corrected chi connectivity index (χ2v) is 3.02. The van der Waals surface area contributed by atoms with Crippen LogP contribution in [0.25, 0.3) is 0 Å². The van der Waals surface area contributed by atoms with Crippen LogP contribution >= 0.6 is 12.4 Å². The topological polar surface area (TPSA) is 48.0 Å². The van der Waals surface area contributed by atoms with Crippen molar-refractivity contribution in [2.24, 2.45) is 12.8 Å². The Morgan fingerprint density at radius 2 is 2.00 bits per heavy atom. The van der Waals surface area contributed by atoms with Crippen LogP contribution < -0.4 is 11.3 Å². The van der Waals surface area contributed by atoms with Crippen LogP contribution in [-0.4, -0.2) is 4.57 Å². The van der Waals surface area contributed by atoms with Crippen molar-refractivity contribution in [3.8, 4) is 0 Å². The molecule has 0 saturated heterocycles. The van der Waals surface area contributed by atoms with E-state index in [0.717, 1.165) is 11.3 Å². The fourth-order valence-corrected chi connectivity index (χ4v) is 1.28. The molecule has 1 heterocycles. The zero-order chi connectivity index (χ0) is 9.30. The van der Waals surface area contributed by atoms with Crippen molar-refractivity contribution < 1.29 is 0 Å². The van der Waals surface area contributed by atoms with Crippen LogP contribution in [-0.2, 0) is 13.6 Å². The second-order valence-electron chi connectivity index (χ2n) is 3.02. The Hall–Kier alpha value is -0.800. The quantitative estimate of drug-likeness (QED) is 0.735. The molecule has 1 aromatic rings. The molecule has 0 atom stereocenters. The maximum Gasteiger partial charge on any atom is 0.255 e. The molecule has 3 nitrogen and oxygen atoms in total. The molecule has 0 fully saturated rings. The summed E-state index contributed by atoms with van der Waals surface area (Å²) in [5.74, 6) is 0. The standard InChI is InChI=1S/C9H14N2O.ClH/c1-6-4-7(2)11(3)9(12)8(6)5-10;/h4H,5,10H2,1-3H3;1H. The van der Waals surface area contributed by atoms with E-state index in [0.29, 0.717) is 12.1 Å². The van der Waals surface area contributed by atoms with E-state index in [9.17, 15) is 4.79 Å². The van der Waals surface area contributed by atoms with Gasteiger partial charge in [0.15, 0.2) is 0 Å². The second kappa shape index (κ2) is 4.44. The number of aromatic nitrogens is 1. The summed E-state index contributed by atoms with van der Waals surface area (Å²) >= 11 is 0. The molecule has 0 aliphatic carbocycles. The van der Waals surface area contributed by atoms with E-state index >= 15 is 0 Å². The van der Waals surface area contributed by atoms with E-state index in [1.807, 2.05) is 19.9 Å². The summed E-state index contributed by atoms with van der Waals surface area (Å²) in [6.45, 7) is 4.14. The van der Waals surface area contributed by atoms with E-state index in [-0.39, 0.29) is 18.0 Å². The van der Waals surface area contributed by atoms with Crippen molar-refractivity contribution in [1.29, 1.82) is 0 Å². The van der Waals surface area contributed by atoms with E-state index in [1.54, 1.807) is 11.6 Å². The number of hydrogen-bond donors (Lipinski definition) is 1. The molecule has 4 heteroatoms. The van der Waals surface area contributed by atoms with Gasteiger partial charge in [-0.1, -0.05) is 0 Å². The van der Waals surface area contributed by atoms with Gasteiger partial charge in [0, 0.05) is 24.8 Å². The molecule has 0 aliphatic heterocycles.